The molecule has 0 aromatic rings. The van der Waals surface area contributed by atoms with Gasteiger partial charge in [0.1, 0.15) is 0 Å². The van der Waals surface area contributed by atoms with Gasteiger partial charge in [-0.2, -0.15) is 9.59 Å². The lowest BCUT2D eigenvalue weighted by atomic mass is 10.5. The van der Waals surface area contributed by atoms with Gasteiger partial charge in [-0.3, -0.25) is 0 Å². The molecule has 7 heavy (non-hydrogen) atoms. The van der Waals surface area contributed by atoms with Gasteiger partial charge in [-0.15, -0.1) is 6.58 Å². The Kier molecular flexibility index (Phi) is 26.1. The van der Waals surface area contributed by atoms with E-state index in [1.54, 1.807) is 0 Å². The standard InChI is InChI=1S/C4H8.CO2/c1-3-4-2;2-1-3/h3H,1,4H2,2H3;. The van der Waals surface area contributed by atoms with Crippen molar-refractivity contribution in [2.24, 2.45) is 0 Å². The molecule has 0 atom stereocenters. The van der Waals surface area contributed by atoms with Crippen molar-refractivity contribution in [2.45, 2.75) is 13.3 Å². The maximum Gasteiger partial charge on any atom is 0.373 e. The van der Waals surface area contributed by atoms with Crippen LogP contribution in [-0.2, 0) is 9.59 Å². The van der Waals surface area contributed by atoms with Crippen molar-refractivity contribution in [1.29, 1.82) is 0 Å². The van der Waals surface area contributed by atoms with E-state index in [9.17, 15) is 0 Å². The molecule has 0 fully saturated rings. The number of rotatable bonds is 1. The molecule has 0 aliphatic heterocycles. The highest BCUT2D eigenvalue weighted by atomic mass is 16.2. The second-order valence-electron chi connectivity index (χ2n) is 0.780. The molecular weight excluding hydrogens is 92.1 g/mol. The fourth-order valence-electron chi connectivity index (χ4n) is 0. The molecule has 2 heteroatoms. The van der Waals surface area contributed by atoms with Crippen LogP contribution in [0.4, 0.5) is 0 Å². The Hall–Kier alpha value is -0.880. The van der Waals surface area contributed by atoms with Crippen molar-refractivity contribution in [3.63, 3.8) is 0 Å². The first-order chi connectivity index (χ1) is 3.33. The molecule has 0 N–H and O–H groups in total. The Morgan fingerprint density at radius 3 is 1.86 bits per heavy atom. The summed E-state index contributed by atoms with van der Waals surface area (Å²) < 4.78 is 0. The lowest BCUT2D eigenvalue weighted by molar-refractivity contribution is -0.191. The number of allylic oxidation sites excluding steroid dienone is 1. The molecule has 0 aromatic carbocycles. The highest BCUT2D eigenvalue weighted by Gasteiger charge is 1.45. The van der Waals surface area contributed by atoms with Gasteiger partial charge in [-0.1, -0.05) is 13.0 Å². The van der Waals surface area contributed by atoms with Crippen LogP contribution >= 0.6 is 0 Å². The molecule has 0 saturated carbocycles. The van der Waals surface area contributed by atoms with Crippen molar-refractivity contribution in [2.75, 3.05) is 0 Å². The van der Waals surface area contributed by atoms with Crippen LogP contribution < -0.4 is 0 Å². The Morgan fingerprint density at radius 2 is 1.86 bits per heavy atom. The van der Waals surface area contributed by atoms with Crippen LogP contribution in [0.2, 0.25) is 0 Å². The predicted octanol–water partition coefficient (Wildman–Crippen LogP) is 0.999. The molecule has 0 spiro atoms. The first-order valence-electron chi connectivity index (χ1n) is 1.93. The minimum absolute atomic E-state index is 0.250. The minimum atomic E-state index is 0.250. The van der Waals surface area contributed by atoms with Gasteiger partial charge in [0, 0.05) is 0 Å². The van der Waals surface area contributed by atoms with Gasteiger partial charge in [0.2, 0.25) is 0 Å². The van der Waals surface area contributed by atoms with Gasteiger partial charge in [-0.05, 0) is 6.42 Å². The third-order valence-electron chi connectivity index (χ3n) is 0.289. The summed E-state index contributed by atoms with van der Waals surface area (Å²) in [4.78, 5) is 16.2. The second kappa shape index (κ2) is 19.3. The van der Waals surface area contributed by atoms with E-state index in [1.807, 2.05) is 6.08 Å². The highest BCUT2D eigenvalue weighted by Crippen LogP contribution is 1.66. The average molecular weight is 100 g/mol. The Labute approximate surface area is 42.8 Å². The van der Waals surface area contributed by atoms with Crippen molar-refractivity contribution in [1.82, 2.24) is 0 Å². The van der Waals surface area contributed by atoms with Gasteiger partial charge in [0.05, 0.1) is 0 Å². The number of hydrogen-bond acceptors (Lipinski definition) is 2. The summed E-state index contributed by atoms with van der Waals surface area (Å²) in [6, 6.07) is 0. The lowest BCUT2D eigenvalue weighted by Crippen LogP contribution is -1.36. The van der Waals surface area contributed by atoms with Crippen LogP contribution in [0.25, 0.3) is 0 Å². The van der Waals surface area contributed by atoms with E-state index in [2.05, 4.69) is 13.5 Å². The van der Waals surface area contributed by atoms with Crippen LogP contribution in [0, 0.1) is 0 Å². The monoisotopic (exact) mass is 100 g/mol. The fraction of sp³-hybridized carbons (Fsp3) is 0.400. The molecule has 0 amide bonds. The smallest absolute Gasteiger partial charge is 0.186 e. The summed E-state index contributed by atoms with van der Waals surface area (Å²) in [6.45, 7) is 5.54. The third-order valence-corrected chi connectivity index (χ3v) is 0.289. The third kappa shape index (κ3) is 3460. The summed E-state index contributed by atoms with van der Waals surface area (Å²) in [5.74, 6) is 0. The molecule has 40 valence electrons. The van der Waals surface area contributed by atoms with Crippen molar-refractivity contribution in [3.8, 4) is 0 Å². The summed E-state index contributed by atoms with van der Waals surface area (Å²) >= 11 is 0. The van der Waals surface area contributed by atoms with Crippen molar-refractivity contribution < 1.29 is 9.59 Å². The number of hydrogen-bond donors (Lipinski definition) is 0. The van der Waals surface area contributed by atoms with Gasteiger partial charge in [-0.25, -0.2) is 0 Å². The normalized spacial score (nSPS) is 4.71. The molecule has 2 nitrogen and oxygen atoms in total. The zero-order valence-electron chi connectivity index (χ0n) is 4.31. The van der Waals surface area contributed by atoms with E-state index in [4.69, 9.17) is 9.59 Å². The van der Waals surface area contributed by atoms with Crippen molar-refractivity contribution in [3.05, 3.63) is 12.7 Å². The maximum atomic E-state index is 8.12. The predicted molar refractivity (Wildman–Crippen MR) is 25.5 cm³/mol. The summed E-state index contributed by atoms with van der Waals surface area (Å²) in [5.41, 5.74) is 0. The molecule has 0 aromatic heterocycles. The van der Waals surface area contributed by atoms with Crippen LogP contribution in [0.5, 0.6) is 0 Å². The highest BCUT2D eigenvalue weighted by molar-refractivity contribution is 5.20. The molecule has 0 unspecified atom stereocenters. The quantitative estimate of drug-likeness (QED) is 0.460. The molecular formula is C5H8O2. The van der Waals surface area contributed by atoms with Crippen LogP contribution in [0.3, 0.4) is 0 Å². The Bertz CT molecular complexity index is 60.5. The van der Waals surface area contributed by atoms with E-state index >= 15 is 0 Å². The molecule has 0 bridgehead atoms. The summed E-state index contributed by atoms with van der Waals surface area (Å²) in [5, 5.41) is 0. The minimum Gasteiger partial charge on any atom is -0.186 e. The molecule has 0 saturated heterocycles. The van der Waals surface area contributed by atoms with E-state index in [-0.39, 0.29) is 6.15 Å². The van der Waals surface area contributed by atoms with Gasteiger partial charge in [0.15, 0.2) is 0 Å². The molecule has 0 radical (unpaired) electrons. The zero-order valence-corrected chi connectivity index (χ0v) is 4.31. The fourth-order valence-corrected chi connectivity index (χ4v) is 0. The summed E-state index contributed by atoms with van der Waals surface area (Å²) in [7, 11) is 0. The second-order valence-corrected chi connectivity index (χ2v) is 0.780. The van der Waals surface area contributed by atoms with Crippen molar-refractivity contribution >= 4 is 6.15 Å². The van der Waals surface area contributed by atoms with E-state index in [1.165, 1.54) is 0 Å². The van der Waals surface area contributed by atoms with Crippen LogP contribution in [0.15, 0.2) is 12.7 Å². The van der Waals surface area contributed by atoms with E-state index in [0.717, 1.165) is 6.42 Å². The molecule has 0 rings (SSSR count). The lowest BCUT2D eigenvalue weighted by Gasteiger charge is -1.57. The van der Waals surface area contributed by atoms with E-state index in [0.29, 0.717) is 0 Å². The largest absolute Gasteiger partial charge is 0.373 e. The van der Waals surface area contributed by atoms with Gasteiger partial charge >= 0.3 is 6.15 Å². The maximum absolute atomic E-state index is 8.12. The topological polar surface area (TPSA) is 34.1 Å². The molecule has 0 aliphatic carbocycles. The van der Waals surface area contributed by atoms with Gasteiger partial charge in [0.25, 0.3) is 0 Å². The number of carbonyl (C=O) groups excluding carboxylic acids is 2. The first kappa shape index (κ1) is 9.45. The summed E-state index contributed by atoms with van der Waals surface area (Å²) in [6.07, 6.45) is 3.21. The van der Waals surface area contributed by atoms with Crippen LogP contribution in [0.1, 0.15) is 13.3 Å². The van der Waals surface area contributed by atoms with E-state index < -0.39 is 0 Å². The van der Waals surface area contributed by atoms with Gasteiger partial charge < -0.3 is 0 Å². The van der Waals surface area contributed by atoms with Crippen LogP contribution in [-0.4, -0.2) is 6.15 Å². The molecule has 0 aliphatic rings. The SMILES string of the molecule is C=CCC.O=C=O. The Balaban J connectivity index is 0. The first-order valence-corrected chi connectivity index (χ1v) is 1.93. The Morgan fingerprint density at radius 1 is 1.71 bits per heavy atom. The molecule has 0 heterocycles. The zero-order chi connectivity index (χ0) is 6.12. The average Bonchev–Trinajstić information content (AvgIpc) is 1.69.